The first kappa shape index (κ1) is 15.1. The fourth-order valence-electron chi connectivity index (χ4n) is 2.37. The van der Waals surface area contributed by atoms with E-state index in [-0.39, 0.29) is 17.6 Å². The molecule has 2 unspecified atom stereocenters. The van der Waals surface area contributed by atoms with Gasteiger partial charge in [-0.25, -0.2) is 0 Å². The Morgan fingerprint density at radius 1 is 1.57 bits per heavy atom. The molecule has 0 aromatic carbocycles. The van der Waals surface area contributed by atoms with E-state index in [0.29, 0.717) is 19.5 Å². The molecule has 2 atom stereocenters. The summed E-state index contributed by atoms with van der Waals surface area (Å²) in [6, 6.07) is 1.93. The quantitative estimate of drug-likeness (QED) is 0.825. The number of nitrogens with zero attached hydrogens (tertiary/aromatic N) is 1. The molecule has 7 nitrogen and oxygen atoms in total. The van der Waals surface area contributed by atoms with E-state index in [4.69, 9.17) is 4.42 Å². The minimum Gasteiger partial charge on any atom is -0.459 e. The van der Waals surface area contributed by atoms with Crippen LogP contribution in [0.25, 0.3) is 0 Å². The van der Waals surface area contributed by atoms with Crippen molar-refractivity contribution in [3.63, 3.8) is 0 Å². The SMILES string of the molecule is CCC1C(=O)NCCN1C(=O)C(C)NC(=O)c1ccco1. The Bertz CT molecular complexity index is 526. The molecule has 0 aliphatic carbocycles. The van der Waals surface area contributed by atoms with Crippen molar-refractivity contribution in [2.75, 3.05) is 13.1 Å². The summed E-state index contributed by atoms with van der Waals surface area (Å²) in [6.07, 6.45) is 1.93. The highest BCUT2D eigenvalue weighted by Gasteiger charge is 2.34. The Hall–Kier alpha value is -2.31. The Labute approximate surface area is 122 Å². The highest BCUT2D eigenvalue weighted by atomic mass is 16.3. The molecule has 0 bridgehead atoms. The highest BCUT2D eigenvalue weighted by molar-refractivity contribution is 5.96. The number of carbonyl (C=O) groups is 3. The van der Waals surface area contributed by atoms with Gasteiger partial charge in [-0.3, -0.25) is 14.4 Å². The van der Waals surface area contributed by atoms with Gasteiger partial charge in [0.05, 0.1) is 6.26 Å². The third kappa shape index (κ3) is 3.24. The van der Waals surface area contributed by atoms with E-state index in [1.807, 2.05) is 6.92 Å². The molecular formula is C14H19N3O4. The zero-order valence-electron chi connectivity index (χ0n) is 12.1. The number of hydrogen-bond acceptors (Lipinski definition) is 4. The van der Waals surface area contributed by atoms with Crippen LogP contribution in [-0.2, 0) is 9.59 Å². The normalized spacial score (nSPS) is 19.8. The second-order valence-corrected chi connectivity index (χ2v) is 4.92. The van der Waals surface area contributed by atoms with Crippen LogP contribution in [0, 0.1) is 0 Å². The predicted octanol–water partition coefficient (Wildman–Crippen LogP) is 0.135. The largest absolute Gasteiger partial charge is 0.459 e. The summed E-state index contributed by atoms with van der Waals surface area (Å²) in [5.41, 5.74) is 0. The topological polar surface area (TPSA) is 91.7 Å². The molecule has 2 rings (SSSR count). The lowest BCUT2D eigenvalue weighted by atomic mass is 10.1. The standard InChI is InChI=1S/C14H19N3O4/c1-3-10-12(18)15-6-7-17(10)14(20)9(2)16-13(19)11-5-4-8-21-11/h4-5,8-10H,3,6-7H2,1-2H3,(H,15,18)(H,16,19). The lowest BCUT2D eigenvalue weighted by Crippen LogP contribution is -2.60. The van der Waals surface area contributed by atoms with Crippen LogP contribution >= 0.6 is 0 Å². The smallest absolute Gasteiger partial charge is 0.287 e. The Balaban J connectivity index is 2.01. The molecule has 21 heavy (non-hydrogen) atoms. The molecule has 1 aliphatic rings. The van der Waals surface area contributed by atoms with Gasteiger partial charge in [0.25, 0.3) is 5.91 Å². The maximum atomic E-state index is 12.4. The van der Waals surface area contributed by atoms with Crippen molar-refractivity contribution in [1.82, 2.24) is 15.5 Å². The van der Waals surface area contributed by atoms with Gasteiger partial charge in [0, 0.05) is 13.1 Å². The van der Waals surface area contributed by atoms with Crippen molar-refractivity contribution in [3.05, 3.63) is 24.2 Å². The monoisotopic (exact) mass is 293 g/mol. The summed E-state index contributed by atoms with van der Waals surface area (Å²) >= 11 is 0. The molecule has 1 saturated heterocycles. The van der Waals surface area contributed by atoms with E-state index in [2.05, 4.69) is 10.6 Å². The second kappa shape index (κ2) is 6.43. The van der Waals surface area contributed by atoms with Crippen LogP contribution in [0.4, 0.5) is 0 Å². The van der Waals surface area contributed by atoms with E-state index < -0.39 is 18.0 Å². The summed E-state index contributed by atoms with van der Waals surface area (Å²) in [6.45, 7) is 4.33. The van der Waals surface area contributed by atoms with Gasteiger partial charge in [0.1, 0.15) is 12.1 Å². The molecule has 0 spiro atoms. The highest BCUT2D eigenvalue weighted by Crippen LogP contribution is 2.11. The lowest BCUT2D eigenvalue weighted by Gasteiger charge is -2.36. The summed E-state index contributed by atoms with van der Waals surface area (Å²) in [5.74, 6) is -0.716. The van der Waals surface area contributed by atoms with Crippen molar-refractivity contribution in [2.45, 2.75) is 32.4 Å². The Morgan fingerprint density at radius 2 is 2.33 bits per heavy atom. The van der Waals surface area contributed by atoms with Crippen molar-refractivity contribution < 1.29 is 18.8 Å². The molecule has 0 radical (unpaired) electrons. The molecule has 1 aliphatic heterocycles. The molecule has 3 amide bonds. The van der Waals surface area contributed by atoms with Crippen molar-refractivity contribution in [2.24, 2.45) is 0 Å². The van der Waals surface area contributed by atoms with Gasteiger partial charge in [-0.15, -0.1) is 0 Å². The molecule has 1 aromatic heterocycles. The van der Waals surface area contributed by atoms with Gasteiger partial charge < -0.3 is 20.0 Å². The number of nitrogens with one attached hydrogen (secondary N) is 2. The number of rotatable bonds is 4. The van der Waals surface area contributed by atoms with Crippen LogP contribution in [0.3, 0.4) is 0 Å². The van der Waals surface area contributed by atoms with Gasteiger partial charge in [-0.1, -0.05) is 6.92 Å². The summed E-state index contributed by atoms with van der Waals surface area (Å²) in [5, 5.41) is 5.32. The maximum Gasteiger partial charge on any atom is 0.287 e. The minimum absolute atomic E-state index is 0.151. The third-order valence-electron chi connectivity index (χ3n) is 3.46. The lowest BCUT2D eigenvalue weighted by molar-refractivity contribution is -0.144. The number of hydrogen-bond donors (Lipinski definition) is 2. The molecule has 1 aromatic rings. The van der Waals surface area contributed by atoms with Crippen molar-refractivity contribution in [1.29, 1.82) is 0 Å². The van der Waals surface area contributed by atoms with Crippen LogP contribution < -0.4 is 10.6 Å². The molecule has 1 fully saturated rings. The first-order valence-electron chi connectivity index (χ1n) is 6.97. The predicted molar refractivity (Wildman–Crippen MR) is 74.4 cm³/mol. The van der Waals surface area contributed by atoms with Crippen LogP contribution in [0.1, 0.15) is 30.8 Å². The zero-order valence-corrected chi connectivity index (χ0v) is 12.1. The second-order valence-electron chi connectivity index (χ2n) is 4.92. The molecule has 0 saturated carbocycles. The van der Waals surface area contributed by atoms with E-state index in [1.165, 1.54) is 17.2 Å². The molecule has 2 N–H and O–H groups in total. The van der Waals surface area contributed by atoms with Gasteiger partial charge in [0.2, 0.25) is 11.8 Å². The summed E-state index contributed by atoms with van der Waals surface area (Å²) in [4.78, 5) is 37.6. The number of piperazine rings is 1. The van der Waals surface area contributed by atoms with Crippen LogP contribution in [0.15, 0.2) is 22.8 Å². The Morgan fingerprint density at radius 3 is 2.95 bits per heavy atom. The summed E-state index contributed by atoms with van der Waals surface area (Å²) < 4.78 is 4.98. The van der Waals surface area contributed by atoms with Crippen LogP contribution in [0.5, 0.6) is 0 Å². The number of amides is 3. The molecule has 7 heteroatoms. The first-order chi connectivity index (χ1) is 10.0. The number of carbonyl (C=O) groups excluding carboxylic acids is 3. The van der Waals surface area contributed by atoms with Gasteiger partial charge in [-0.2, -0.15) is 0 Å². The molecule has 2 heterocycles. The van der Waals surface area contributed by atoms with E-state index in [1.54, 1.807) is 13.0 Å². The van der Waals surface area contributed by atoms with Gasteiger partial charge in [-0.05, 0) is 25.5 Å². The fourth-order valence-corrected chi connectivity index (χ4v) is 2.37. The van der Waals surface area contributed by atoms with Gasteiger partial charge in [0.15, 0.2) is 5.76 Å². The fraction of sp³-hybridized carbons (Fsp3) is 0.500. The van der Waals surface area contributed by atoms with E-state index >= 15 is 0 Å². The minimum atomic E-state index is -0.720. The van der Waals surface area contributed by atoms with Crippen LogP contribution in [-0.4, -0.2) is 47.8 Å². The van der Waals surface area contributed by atoms with E-state index in [0.717, 1.165) is 0 Å². The average molecular weight is 293 g/mol. The van der Waals surface area contributed by atoms with Crippen molar-refractivity contribution >= 4 is 17.7 Å². The maximum absolute atomic E-state index is 12.4. The Kier molecular flexibility index (Phi) is 4.62. The number of furan rings is 1. The molecular weight excluding hydrogens is 274 g/mol. The van der Waals surface area contributed by atoms with Crippen molar-refractivity contribution in [3.8, 4) is 0 Å². The zero-order chi connectivity index (χ0) is 15.4. The van der Waals surface area contributed by atoms with Gasteiger partial charge >= 0.3 is 0 Å². The average Bonchev–Trinajstić information content (AvgIpc) is 3.00. The van der Waals surface area contributed by atoms with Crippen LogP contribution in [0.2, 0.25) is 0 Å². The molecule has 114 valence electrons. The first-order valence-corrected chi connectivity index (χ1v) is 6.97. The summed E-state index contributed by atoms with van der Waals surface area (Å²) in [7, 11) is 0. The van der Waals surface area contributed by atoms with E-state index in [9.17, 15) is 14.4 Å². The third-order valence-corrected chi connectivity index (χ3v) is 3.46.